The fourth-order valence-electron chi connectivity index (χ4n) is 11.9. The molecule has 0 bridgehead atoms. The standard InChI is InChI=1S/C64H54BN3/c1-39-48-26-17-18-27-49(48)40(2)53-38-58-56(37-52(39)53)65-61-54(55-31-41-21-15-16-28-50(41)60-51-29-19-20-30-57(51)68(65)62(55)60)35-47(66(44-22-11-9-12-23-44)45-24-13-10-14-25-45)36-59(61)67(58)46-33-42(63(3,4)5)32-43(34-46)64(6,7)8/h9-38H,1-8H3. The number of benzene rings is 10. The summed E-state index contributed by atoms with van der Waals surface area (Å²) in [5.41, 5.74) is 19.9. The summed E-state index contributed by atoms with van der Waals surface area (Å²) in [4.78, 5) is 5.11. The molecule has 3 heterocycles. The third kappa shape index (κ3) is 5.86. The Morgan fingerprint density at radius 3 is 1.60 bits per heavy atom. The molecule has 4 heteroatoms. The molecule has 0 fully saturated rings. The zero-order valence-corrected chi connectivity index (χ0v) is 40.2. The molecule has 328 valence electrons. The van der Waals surface area contributed by atoms with Gasteiger partial charge in [0.1, 0.15) is 0 Å². The van der Waals surface area contributed by atoms with Crippen molar-refractivity contribution >= 4 is 106 Å². The van der Waals surface area contributed by atoms with Crippen LogP contribution < -0.4 is 20.7 Å². The first-order chi connectivity index (χ1) is 32.8. The van der Waals surface area contributed by atoms with Crippen molar-refractivity contribution in [1.29, 1.82) is 0 Å². The molecule has 2 aliphatic rings. The van der Waals surface area contributed by atoms with Crippen molar-refractivity contribution < 1.29 is 0 Å². The molecule has 2 aliphatic heterocycles. The zero-order chi connectivity index (χ0) is 46.4. The summed E-state index contributed by atoms with van der Waals surface area (Å²) in [6.07, 6.45) is 0. The number of fused-ring (bicyclic) bond motifs is 11. The number of anilines is 6. The summed E-state index contributed by atoms with van der Waals surface area (Å²) < 4.78 is 2.72. The van der Waals surface area contributed by atoms with Gasteiger partial charge in [-0.05, 0) is 162 Å². The first-order valence-corrected chi connectivity index (χ1v) is 24.3. The van der Waals surface area contributed by atoms with Gasteiger partial charge in [-0.3, -0.25) is 0 Å². The van der Waals surface area contributed by atoms with Crippen molar-refractivity contribution in [1.82, 2.24) is 4.48 Å². The van der Waals surface area contributed by atoms with Crippen LogP contribution in [0, 0.1) is 13.8 Å². The predicted octanol–water partition coefficient (Wildman–Crippen LogP) is 16.4. The first-order valence-electron chi connectivity index (χ1n) is 24.3. The van der Waals surface area contributed by atoms with E-state index in [0.29, 0.717) is 0 Å². The van der Waals surface area contributed by atoms with Crippen LogP contribution in [0.15, 0.2) is 182 Å². The summed E-state index contributed by atoms with van der Waals surface area (Å²) in [6.45, 7) is 18.7. The Morgan fingerprint density at radius 2 is 0.985 bits per heavy atom. The van der Waals surface area contributed by atoms with Gasteiger partial charge in [-0.1, -0.05) is 157 Å². The van der Waals surface area contributed by atoms with E-state index in [0.717, 1.165) is 17.1 Å². The average molecular weight is 876 g/mol. The molecular weight excluding hydrogens is 822 g/mol. The second-order valence-electron chi connectivity index (χ2n) is 21.4. The fraction of sp³-hybridized carbons (Fsp3) is 0.156. The first kappa shape index (κ1) is 40.7. The van der Waals surface area contributed by atoms with Gasteiger partial charge < -0.3 is 14.3 Å². The maximum Gasteiger partial charge on any atom is 0.333 e. The average Bonchev–Trinajstić information content (AvgIpc) is 3.69. The molecule has 3 nitrogen and oxygen atoms in total. The van der Waals surface area contributed by atoms with Gasteiger partial charge >= 0.3 is 6.85 Å². The number of para-hydroxylation sites is 3. The maximum atomic E-state index is 2.72. The van der Waals surface area contributed by atoms with E-state index < -0.39 is 0 Å². The number of hydrogen-bond donors (Lipinski definition) is 0. The van der Waals surface area contributed by atoms with E-state index in [1.54, 1.807) is 0 Å². The lowest BCUT2D eigenvalue weighted by atomic mass is 9.45. The molecule has 0 unspecified atom stereocenters. The highest BCUT2D eigenvalue weighted by Crippen LogP contribution is 2.51. The number of nitrogens with zero attached hydrogens (tertiary/aromatic N) is 3. The monoisotopic (exact) mass is 875 g/mol. The lowest BCUT2D eigenvalue weighted by molar-refractivity contribution is 0.569. The number of rotatable bonds is 4. The second kappa shape index (κ2) is 14.5. The number of aromatic nitrogens is 1. The Bertz CT molecular complexity index is 3830. The molecule has 0 spiro atoms. The highest BCUT2D eigenvalue weighted by molar-refractivity contribution is 6.90. The summed E-state index contributed by atoms with van der Waals surface area (Å²) >= 11 is 0. The Kier molecular flexibility index (Phi) is 8.66. The van der Waals surface area contributed by atoms with Gasteiger partial charge in [0.25, 0.3) is 0 Å². The molecule has 0 aliphatic carbocycles. The Balaban J connectivity index is 1.26. The minimum atomic E-state index is -0.110. The lowest BCUT2D eigenvalue weighted by Crippen LogP contribution is -2.56. The van der Waals surface area contributed by atoms with Crippen molar-refractivity contribution in [2.75, 3.05) is 9.80 Å². The van der Waals surface area contributed by atoms with Gasteiger partial charge in [-0.25, -0.2) is 0 Å². The highest BCUT2D eigenvalue weighted by atomic mass is 15.2. The highest BCUT2D eigenvalue weighted by Gasteiger charge is 2.44. The van der Waals surface area contributed by atoms with Crippen molar-refractivity contribution in [3.63, 3.8) is 0 Å². The molecule has 0 saturated carbocycles. The molecule has 68 heavy (non-hydrogen) atoms. The zero-order valence-electron chi connectivity index (χ0n) is 40.2. The van der Waals surface area contributed by atoms with E-state index in [1.165, 1.54) is 115 Å². The molecule has 0 saturated heterocycles. The number of hydrogen-bond acceptors (Lipinski definition) is 2. The van der Waals surface area contributed by atoms with Crippen molar-refractivity contribution in [3.05, 3.63) is 204 Å². The van der Waals surface area contributed by atoms with Gasteiger partial charge in [-0.2, -0.15) is 0 Å². The van der Waals surface area contributed by atoms with Gasteiger partial charge in [-0.15, -0.1) is 0 Å². The molecule has 0 radical (unpaired) electrons. The topological polar surface area (TPSA) is 11.4 Å². The number of aryl methyl sites for hydroxylation is 2. The molecule has 0 amide bonds. The molecule has 1 aromatic heterocycles. The molecule has 0 N–H and O–H groups in total. The van der Waals surface area contributed by atoms with Crippen LogP contribution in [0.1, 0.15) is 63.8 Å². The van der Waals surface area contributed by atoms with Crippen LogP contribution in [0.4, 0.5) is 34.1 Å². The Hall–Kier alpha value is -7.56. The quantitative estimate of drug-likeness (QED) is 0.129. The van der Waals surface area contributed by atoms with E-state index in [2.05, 4.69) is 252 Å². The lowest BCUT2D eigenvalue weighted by Gasteiger charge is -2.42. The smallest absolute Gasteiger partial charge is 0.333 e. The minimum absolute atomic E-state index is 0.0818. The Labute approximate surface area is 400 Å². The van der Waals surface area contributed by atoms with Gasteiger partial charge in [0.05, 0.1) is 0 Å². The molecule has 11 aromatic rings. The SMILES string of the molecule is Cc1c2ccccc2c(C)c2cc3c(cc12)B1c2c(cc(N(c4ccccc4)c4ccccc4)cc2N3c2cc(C(C)(C)C)cc(C(C)(C)C)c2)-c2cc3ccccc3c3c4ccccc4n1c23. The van der Waals surface area contributed by atoms with E-state index in [4.69, 9.17) is 0 Å². The normalized spacial score (nSPS) is 13.2. The fourth-order valence-corrected chi connectivity index (χ4v) is 11.9. The molecule has 0 atom stereocenters. The summed E-state index contributed by atoms with van der Waals surface area (Å²) in [5, 5.41) is 10.4. The van der Waals surface area contributed by atoms with Crippen molar-refractivity contribution in [3.8, 4) is 11.1 Å². The van der Waals surface area contributed by atoms with Gasteiger partial charge in [0, 0.05) is 61.5 Å². The third-order valence-electron chi connectivity index (χ3n) is 15.3. The summed E-state index contributed by atoms with van der Waals surface area (Å²) in [7, 11) is 0. The van der Waals surface area contributed by atoms with E-state index in [1.807, 2.05) is 0 Å². The summed E-state index contributed by atoms with van der Waals surface area (Å²) in [5.74, 6) is 0. The van der Waals surface area contributed by atoms with Crippen LogP contribution in [0.5, 0.6) is 0 Å². The van der Waals surface area contributed by atoms with Gasteiger partial charge in [0.2, 0.25) is 0 Å². The van der Waals surface area contributed by atoms with Crippen LogP contribution in [0.3, 0.4) is 0 Å². The van der Waals surface area contributed by atoms with Crippen molar-refractivity contribution in [2.24, 2.45) is 0 Å². The van der Waals surface area contributed by atoms with E-state index in [-0.39, 0.29) is 17.7 Å². The van der Waals surface area contributed by atoms with Crippen LogP contribution in [-0.2, 0) is 10.8 Å². The predicted molar refractivity (Wildman–Crippen MR) is 294 cm³/mol. The van der Waals surface area contributed by atoms with Crippen LogP contribution in [-0.4, -0.2) is 11.3 Å². The largest absolute Gasteiger partial charge is 0.375 e. The maximum absolute atomic E-state index is 2.72. The third-order valence-corrected chi connectivity index (χ3v) is 15.3. The molecular formula is C64H54BN3. The Morgan fingerprint density at radius 1 is 0.441 bits per heavy atom. The van der Waals surface area contributed by atoms with E-state index in [9.17, 15) is 0 Å². The molecule has 10 aromatic carbocycles. The van der Waals surface area contributed by atoms with Crippen LogP contribution in [0.25, 0.3) is 65.3 Å². The molecule has 13 rings (SSSR count). The van der Waals surface area contributed by atoms with Crippen molar-refractivity contribution in [2.45, 2.75) is 66.2 Å². The second-order valence-corrected chi connectivity index (χ2v) is 21.4. The minimum Gasteiger partial charge on any atom is -0.375 e. The van der Waals surface area contributed by atoms with Crippen LogP contribution in [0.2, 0.25) is 0 Å². The summed E-state index contributed by atoms with van der Waals surface area (Å²) in [6, 6.07) is 69.0. The van der Waals surface area contributed by atoms with Gasteiger partial charge in [0.15, 0.2) is 0 Å². The van der Waals surface area contributed by atoms with E-state index >= 15 is 0 Å². The van der Waals surface area contributed by atoms with Crippen LogP contribution >= 0.6 is 0 Å².